The summed E-state index contributed by atoms with van der Waals surface area (Å²) in [5, 5.41) is 9.49. The average molecular weight is 304 g/mol. The van der Waals surface area contributed by atoms with E-state index < -0.39 is 0 Å². The van der Waals surface area contributed by atoms with Crippen LogP contribution in [-0.2, 0) is 4.74 Å². The van der Waals surface area contributed by atoms with Gasteiger partial charge >= 0.3 is 0 Å². The summed E-state index contributed by atoms with van der Waals surface area (Å²) >= 11 is 0. The SMILES string of the molecule is CC1=CC=C(C(C)C)CC[C@]2(C)O[C@H]2CCC(CO)=CCC1. The lowest BCUT2D eigenvalue weighted by Crippen LogP contribution is -2.12. The van der Waals surface area contributed by atoms with E-state index in [1.807, 2.05) is 0 Å². The fourth-order valence-electron chi connectivity index (χ4n) is 3.23. The number of rotatable bonds is 2. The minimum Gasteiger partial charge on any atom is -0.392 e. The summed E-state index contributed by atoms with van der Waals surface area (Å²) in [5.41, 5.74) is 4.16. The molecular weight excluding hydrogens is 272 g/mol. The molecule has 0 radical (unpaired) electrons. The van der Waals surface area contributed by atoms with Crippen molar-refractivity contribution in [1.29, 1.82) is 0 Å². The fraction of sp³-hybridized carbons (Fsp3) is 0.700. The summed E-state index contributed by atoms with van der Waals surface area (Å²) in [6, 6.07) is 0. The van der Waals surface area contributed by atoms with Crippen molar-refractivity contribution in [3.63, 3.8) is 0 Å². The van der Waals surface area contributed by atoms with Crippen molar-refractivity contribution in [2.75, 3.05) is 6.61 Å². The molecule has 2 nitrogen and oxygen atoms in total. The van der Waals surface area contributed by atoms with Crippen LogP contribution in [0.4, 0.5) is 0 Å². The Kier molecular flexibility index (Phi) is 6.05. The maximum absolute atomic E-state index is 9.49. The van der Waals surface area contributed by atoms with Crippen LogP contribution < -0.4 is 0 Å². The van der Waals surface area contributed by atoms with E-state index in [2.05, 4.69) is 45.9 Å². The van der Waals surface area contributed by atoms with Crippen LogP contribution in [0.5, 0.6) is 0 Å². The van der Waals surface area contributed by atoms with E-state index >= 15 is 0 Å². The van der Waals surface area contributed by atoms with Gasteiger partial charge in [-0.25, -0.2) is 0 Å². The van der Waals surface area contributed by atoms with Gasteiger partial charge in [-0.05, 0) is 63.9 Å². The van der Waals surface area contributed by atoms with Crippen LogP contribution in [0.25, 0.3) is 0 Å². The highest BCUT2D eigenvalue weighted by molar-refractivity contribution is 5.20. The lowest BCUT2D eigenvalue weighted by Gasteiger charge is -2.14. The van der Waals surface area contributed by atoms with E-state index in [1.165, 1.54) is 16.7 Å². The van der Waals surface area contributed by atoms with E-state index in [4.69, 9.17) is 4.74 Å². The van der Waals surface area contributed by atoms with E-state index in [9.17, 15) is 5.11 Å². The number of aliphatic hydroxyl groups excluding tert-OH is 1. The molecule has 0 spiro atoms. The van der Waals surface area contributed by atoms with Crippen molar-refractivity contribution in [2.45, 2.75) is 77.9 Å². The quantitative estimate of drug-likeness (QED) is 0.578. The molecule has 0 aromatic heterocycles. The Morgan fingerprint density at radius 3 is 2.73 bits per heavy atom. The zero-order chi connectivity index (χ0) is 16.2. The first-order valence-electron chi connectivity index (χ1n) is 8.77. The van der Waals surface area contributed by atoms with Gasteiger partial charge in [0.15, 0.2) is 0 Å². The third kappa shape index (κ3) is 4.82. The van der Waals surface area contributed by atoms with Gasteiger partial charge in [-0.1, -0.05) is 43.2 Å². The lowest BCUT2D eigenvalue weighted by atomic mass is 9.90. The molecule has 0 unspecified atom stereocenters. The molecule has 2 atom stereocenters. The molecule has 0 amide bonds. The van der Waals surface area contributed by atoms with Crippen LogP contribution in [-0.4, -0.2) is 23.4 Å². The van der Waals surface area contributed by atoms with E-state index in [1.54, 1.807) is 0 Å². The van der Waals surface area contributed by atoms with Crippen LogP contribution in [0.3, 0.4) is 0 Å². The topological polar surface area (TPSA) is 32.8 Å². The van der Waals surface area contributed by atoms with Crippen LogP contribution in [0.15, 0.2) is 34.9 Å². The van der Waals surface area contributed by atoms with Crippen molar-refractivity contribution in [3.8, 4) is 0 Å². The van der Waals surface area contributed by atoms with Gasteiger partial charge in [0.1, 0.15) is 0 Å². The van der Waals surface area contributed by atoms with Crippen LogP contribution in [0.2, 0.25) is 0 Å². The molecule has 0 bridgehead atoms. The Bertz CT molecular complexity index is 470. The molecule has 1 aliphatic carbocycles. The number of ether oxygens (including phenoxy) is 1. The van der Waals surface area contributed by atoms with Gasteiger partial charge in [0.2, 0.25) is 0 Å². The molecule has 1 fully saturated rings. The van der Waals surface area contributed by atoms with Crippen molar-refractivity contribution in [2.24, 2.45) is 5.92 Å². The molecule has 0 aromatic rings. The Morgan fingerprint density at radius 1 is 1.27 bits per heavy atom. The summed E-state index contributed by atoms with van der Waals surface area (Å²) in [6.07, 6.45) is 13.5. The van der Waals surface area contributed by atoms with Crippen molar-refractivity contribution in [1.82, 2.24) is 0 Å². The highest BCUT2D eigenvalue weighted by Crippen LogP contribution is 2.44. The number of epoxide rings is 1. The molecule has 22 heavy (non-hydrogen) atoms. The van der Waals surface area contributed by atoms with E-state index in [0.29, 0.717) is 12.0 Å². The monoisotopic (exact) mass is 304 g/mol. The minimum atomic E-state index is 0.0530. The molecule has 0 saturated carbocycles. The van der Waals surface area contributed by atoms with Crippen LogP contribution in [0.1, 0.15) is 66.2 Å². The Morgan fingerprint density at radius 2 is 2.05 bits per heavy atom. The molecule has 2 rings (SSSR count). The third-order valence-electron chi connectivity index (χ3n) is 5.17. The third-order valence-corrected chi connectivity index (χ3v) is 5.17. The van der Waals surface area contributed by atoms with Gasteiger partial charge in [-0.3, -0.25) is 0 Å². The highest BCUT2D eigenvalue weighted by Gasteiger charge is 2.50. The molecule has 1 aliphatic heterocycles. The summed E-state index contributed by atoms with van der Waals surface area (Å²) < 4.78 is 5.97. The van der Waals surface area contributed by atoms with Crippen LogP contribution in [0, 0.1) is 5.92 Å². The largest absolute Gasteiger partial charge is 0.392 e. The van der Waals surface area contributed by atoms with Crippen LogP contribution >= 0.6 is 0 Å². The number of allylic oxidation sites excluding steroid dienone is 5. The second kappa shape index (κ2) is 7.61. The summed E-state index contributed by atoms with van der Waals surface area (Å²) in [5.74, 6) is 0.596. The zero-order valence-electron chi connectivity index (χ0n) is 14.7. The number of hydrogen-bond acceptors (Lipinski definition) is 2. The first kappa shape index (κ1) is 17.5. The molecule has 124 valence electrons. The predicted octanol–water partition coefficient (Wildman–Crippen LogP) is 4.95. The maximum atomic E-state index is 9.49. The summed E-state index contributed by atoms with van der Waals surface area (Å²) in [6.45, 7) is 9.19. The number of hydrogen-bond donors (Lipinski definition) is 1. The maximum Gasteiger partial charge on any atom is 0.0923 e. The second-order valence-electron chi connectivity index (χ2n) is 7.43. The first-order chi connectivity index (χ1) is 10.4. The van der Waals surface area contributed by atoms with Gasteiger partial charge in [0.05, 0.1) is 18.3 Å². The molecule has 0 aromatic carbocycles. The number of aliphatic hydroxyl groups is 1. The van der Waals surface area contributed by atoms with Crippen molar-refractivity contribution in [3.05, 3.63) is 34.9 Å². The fourth-order valence-corrected chi connectivity index (χ4v) is 3.23. The standard InChI is InChI=1S/C20H32O2/c1-15(2)18-10-8-16(3)6-5-7-17(14-21)9-11-19-20(4,22-19)13-12-18/h7-8,10,15,19,21H,5-6,9,11-14H2,1-4H3/t19-,20-/m0/s1. The van der Waals surface area contributed by atoms with Gasteiger partial charge < -0.3 is 9.84 Å². The summed E-state index contributed by atoms with van der Waals surface area (Å²) in [7, 11) is 0. The Hall–Kier alpha value is -0.860. The van der Waals surface area contributed by atoms with Gasteiger partial charge in [-0.2, -0.15) is 0 Å². The lowest BCUT2D eigenvalue weighted by molar-refractivity contribution is 0.291. The predicted molar refractivity (Wildman–Crippen MR) is 92.8 cm³/mol. The number of fused-ring (bicyclic) bond motifs is 1. The Labute approximate surface area is 136 Å². The van der Waals surface area contributed by atoms with Gasteiger partial charge in [0, 0.05) is 0 Å². The summed E-state index contributed by atoms with van der Waals surface area (Å²) in [4.78, 5) is 0. The van der Waals surface area contributed by atoms with Gasteiger partial charge in [-0.15, -0.1) is 0 Å². The molecule has 2 aliphatic rings. The second-order valence-corrected chi connectivity index (χ2v) is 7.43. The molecule has 1 saturated heterocycles. The minimum absolute atomic E-state index is 0.0530. The highest BCUT2D eigenvalue weighted by atomic mass is 16.6. The van der Waals surface area contributed by atoms with E-state index in [0.717, 1.165) is 38.5 Å². The first-order valence-corrected chi connectivity index (χ1v) is 8.77. The smallest absolute Gasteiger partial charge is 0.0923 e. The molecule has 1 N–H and O–H groups in total. The molecule has 1 heterocycles. The van der Waals surface area contributed by atoms with Crippen molar-refractivity contribution >= 4 is 0 Å². The normalized spacial score (nSPS) is 30.8. The Balaban J connectivity index is 2.13. The zero-order valence-corrected chi connectivity index (χ0v) is 14.7. The van der Waals surface area contributed by atoms with Gasteiger partial charge in [0.25, 0.3) is 0 Å². The van der Waals surface area contributed by atoms with E-state index in [-0.39, 0.29) is 12.2 Å². The molecular formula is C20H32O2. The average Bonchev–Trinajstić information content (AvgIpc) is 3.12. The van der Waals surface area contributed by atoms with Crippen molar-refractivity contribution < 1.29 is 9.84 Å². The molecule has 2 heteroatoms.